The first-order valence-corrected chi connectivity index (χ1v) is 8.43. The van der Waals surface area contributed by atoms with Crippen molar-refractivity contribution in [1.29, 1.82) is 0 Å². The van der Waals surface area contributed by atoms with Crippen LogP contribution in [0.3, 0.4) is 0 Å². The Kier molecular flexibility index (Phi) is 3.40. The predicted molar refractivity (Wildman–Crippen MR) is 87.0 cm³/mol. The fraction of sp³-hybridized carbons (Fsp3) is 0.333. The summed E-state index contributed by atoms with van der Waals surface area (Å²) >= 11 is 1.94. The number of ether oxygens (including phenoxy) is 1. The molecule has 1 aliphatic heterocycles. The lowest BCUT2D eigenvalue weighted by atomic mass is 10.1. The zero-order valence-corrected chi connectivity index (χ0v) is 12.7. The van der Waals surface area contributed by atoms with Crippen LogP contribution in [-0.4, -0.2) is 11.9 Å². The van der Waals surface area contributed by atoms with E-state index >= 15 is 0 Å². The topological polar surface area (TPSA) is 35.2 Å². The minimum atomic E-state index is 0.217. The van der Waals surface area contributed by atoms with Crippen molar-refractivity contribution in [1.82, 2.24) is 0 Å². The molecule has 0 saturated heterocycles. The Balaban J connectivity index is 1.40. The van der Waals surface area contributed by atoms with E-state index in [0.717, 1.165) is 31.6 Å². The van der Waals surface area contributed by atoms with E-state index in [1.54, 1.807) is 0 Å². The number of thioether (sulfide) groups is 1. The number of hydrogen-bond acceptors (Lipinski definition) is 3. The summed E-state index contributed by atoms with van der Waals surface area (Å²) in [6.07, 6.45) is 3.25. The summed E-state index contributed by atoms with van der Waals surface area (Å²) in [5.74, 6) is 0.986. The van der Waals surface area contributed by atoms with Gasteiger partial charge in [-0.2, -0.15) is 0 Å². The lowest BCUT2D eigenvalue weighted by molar-refractivity contribution is 0.317. The summed E-state index contributed by atoms with van der Waals surface area (Å²) in [4.78, 5) is 1.41. The number of nitrogens with two attached hydrogens (primary N) is 1. The molecule has 0 fully saturated rings. The Labute approximate surface area is 129 Å². The third kappa shape index (κ3) is 2.56. The second-order valence-corrected chi connectivity index (χ2v) is 7.21. The van der Waals surface area contributed by atoms with Gasteiger partial charge in [-0.15, -0.1) is 11.8 Å². The zero-order valence-electron chi connectivity index (χ0n) is 11.9. The van der Waals surface area contributed by atoms with E-state index in [-0.39, 0.29) is 6.04 Å². The Morgan fingerprint density at radius 1 is 1.14 bits per heavy atom. The maximum atomic E-state index is 6.07. The molecule has 2 nitrogen and oxygen atoms in total. The third-order valence-electron chi connectivity index (χ3n) is 4.39. The molecule has 1 aliphatic carbocycles. The Bertz CT molecular complexity index is 645. The van der Waals surface area contributed by atoms with Crippen molar-refractivity contribution < 1.29 is 4.74 Å². The second-order valence-electron chi connectivity index (χ2n) is 5.87. The van der Waals surface area contributed by atoms with Gasteiger partial charge in [0.1, 0.15) is 12.4 Å². The zero-order chi connectivity index (χ0) is 14.2. The normalized spacial score (nSPS) is 22.9. The fourth-order valence-electron chi connectivity index (χ4n) is 3.25. The van der Waals surface area contributed by atoms with Gasteiger partial charge in [-0.1, -0.05) is 24.3 Å². The average molecular weight is 297 g/mol. The first kappa shape index (κ1) is 13.2. The maximum Gasteiger partial charge on any atom is 0.119 e. The van der Waals surface area contributed by atoms with E-state index in [1.165, 1.54) is 21.6 Å². The van der Waals surface area contributed by atoms with E-state index in [1.807, 2.05) is 11.8 Å². The van der Waals surface area contributed by atoms with Crippen LogP contribution in [0.1, 0.15) is 29.2 Å². The fourth-order valence-corrected chi connectivity index (χ4v) is 4.47. The van der Waals surface area contributed by atoms with E-state index in [0.29, 0.717) is 5.25 Å². The number of aryl methyl sites for hydroxylation is 1. The number of benzene rings is 2. The van der Waals surface area contributed by atoms with Crippen molar-refractivity contribution in [3.63, 3.8) is 0 Å². The predicted octanol–water partition coefficient (Wildman–Crippen LogP) is 3.73. The number of fused-ring (bicyclic) bond motifs is 2. The Morgan fingerprint density at radius 2 is 2.05 bits per heavy atom. The summed E-state index contributed by atoms with van der Waals surface area (Å²) in [6.45, 7) is 0.768. The molecule has 1 unspecified atom stereocenters. The first-order valence-electron chi connectivity index (χ1n) is 7.55. The van der Waals surface area contributed by atoms with Gasteiger partial charge in [0, 0.05) is 16.2 Å². The van der Waals surface area contributed by atoms with Crippen molar-refractivity contribution in [2.24, 2.45) is 5.73 Å². The largest absolute Gasteiger partial charge is 0.492 e. The molecule has 21 heavy (non-hydrogen) atoms. The highest BCUT2D eigenvalue weighted by Crippen LogP contribution is 2.37. The molecular weight excluding hydrogens is 278 g/mol. The minimum absolute atomic E-state index is 0.217. The molecule has 0 radical (unpaired) electrons. The van der Waals surface area contributed by atoms with Gasteiger partial charge in [-0.05, 0) is 54.2 Å². The van der Waals surface area contributed by atoms with Gasteiger partial charge in [0.25, 0.3) is 0 Å². The lowest BCUT2D eigenvalue weighted by Crippen LogP contribution is -2.13. The van der Waals surface area contributed by atoms with Crippen LogP contribution in [0, 0.1) is 0 Å². The summed E-state index contributed by atoms with van der Waals surface area (Å²) in [5.41, 5.74) is 10.2. The SMILES string of the molecule is N[C@H]1CCc2cc(OCC3Cc4ccccc4S3)ccc21. The maximum absolute atomic E-state index is 6.07. The molecule has 4 rings (SSSR count). The van der Waals surface area contributed by atoms with Crippen molar-refractivity contribution in [3.05, 3.63) is 59.2 Å². The highest BCUT2D eigenvalue weighted by Gasteiger charge is 2.23. The number of hydrogen-bond donors (Lipinski definition) is 1. The van der Waals surface area contributed by atoms with Crippen molar-refractivity contribution in [2.75, 3.05) is 6.61 Å². The summed E-state index contributed by atoms with van der Waals surface area (Å²) in [6, 6.07) is 15.3. The van der Waals surface area contributed by atoms with Gasteiger partial charge in [0.15, 0.2) is 0 Å². The highest BCUT2D eigenvalue weighted by molar-refractivity contribution is 8.00. The molecular formula is C18H19NOS. The van der Waals surface area contributed by atoms with E-state index in [9.17, 15) is 0 Å². The quantitative estimate of drug-likeness (QED) is 0.937. The molecule has 0 aromatic heterocycles. The van der Waals surface area contributed by atoms with Gasteiger partial charge >= 0.3 is 0 Å². The molecule has 1 heterocycles. The van der Waals surface area contributed by atoms with Crippen LogP contribution in [0.2, 0.25) is 0 Å². The molecule has 2 atom stereocenters. The lowest BCUT2D eigenvalue weighted by Gasteiger charge is -2.12. The van der Waals surface area contributed by atoms with Crippen LogP contribution in [0.25, 0.3) is 0 Å². The standard InChI is InChI=1S/C18H19NOS/c19-17-8-5-12-9-14(6-7-16(12)17)20-11-15-10-13-3-1-2-4-18(13)21-15/h1-4,6-7,9,15,17H,5,8,10-11,19H2/t15?,17-/m0/s1. The van der Waals surface area contributed by atoms with Gasteiger partial charge < -0.3 is 10.5 Å². The monoisotopic (exact) mass is 297 g/mol. The molecule has 2 N–H and O–H groups in total. The van der Waals surface area contributed by atoms with E-state index in [2.05, 4.69) is 42.5 Å². The van der Waals surface area contributed by atoms with Crippen molar-refractivity contribution >= 4 is 11.8 Å². The molecule has 2 aromatic rings. The minimum Gasteiger partial charge on any atom is -0.492 e. The van der Waals surface area contributed by atoms with Gasteiger partial charge in [0.05, 0.1) is 0 Å². The molecule has 0 bridgehead atoms. The van der Waals surface area contributed by atoms with E-state index in [4.69, 9.17) is 10.5 Å². The summed E-state index contributed by atoms with van der Waals surface area (Å²) in [5, 5.41) is 0.526. The van der Waals surface area contributed by atoms with Crippen LogP contribution in [0.4, 0.5) is 0 Å². The Hall–Kier alpha value is -1.45. The van der Waals surface area contributed by atoms with Gasteiger partial charge in [0.2, 0.25) is 0 Å². The van der Waals surface area contributed by atoms with Crippen LogP contribution >= 0.6 is 11.8 Å². The average Bonchev–Trinajstić information content (AvgIpc) is 3.08. The van der Waals surface area contributed by atoms with Gasteiger partial charge in [-0.25, -0.2) is 0 Å². The van der Waals surface area contributed by atoms with Crippen LogP contribution < -0.4 is 10.5 Å². The third-order valence-corrected chi connectivity index (χ3v) is 5.68. The van der Waals surface area contributed by atoms with Gasteiger partial charge in [-0.3, -0.25) is 0 Å². The molecule has 3 heteroatoms. The molecule has 108 valence electrons. The van der Waals surface area contributed by atoms with Crippen LogP contribution in [-0.2, 0) is 12.8 Å². The second kappa shape index (κ2) is 5.39. The van der Waals surface area contributed by atoms with Crippen LogP contribution in [0.15, 0.2) is 47.4 Å². The molecule has 0 spiro atoms. The highest BCUT2D eigenvalue weighted by atomic mass is 32.2. The molecule has 0 saturated carbocycles. The van der Waals surface area contributed by atoms with E-state index < -0.39 is 0 Å². The first-order chi connectivity index (χ1) is 10.3. The summed E-state index contributed by atoms with van der Waals surface area (Å²) in [7, 11) is 0. The number of rotatable bonds is 3. The summed E-state index contributed by atoms with van der Waals surface area (Å²) < 4.78 is 6.02. The smallest absolute Gasteiger partial charge is 0.119 e. The molecule has 0 amide bonds. The van der Waals surface area contributed by atoms with Crippen molar-refractivity contribution in [2.45, 2.75) is 35.4 Å². The van der Waals surface area contributed by atoms with Crippen LogP contribution in [0.5, 0.6) is 5.75 Å². The van der Waals surface area contributed by atoms with Crippen molar-refractivity contribution in [3.8, 4) is 5.75 Å². The molecule has 2 aliphatic rings. The molecule has 2 aromatic carbocycles. The Morgan fingerprint density at radius 3 is 2.95 bits per heavy atom.